The average molecular weight is 615 g/mol. The molecule has 0 heterocycles. The van der Waals surface area contributed by atoms with E-state index < -0.39 is 6.16 Å². The fraction of sp³-hybridized carbons (Fsp3) is 0.333. The van der Waals surface area contributed by atoms with E-state index in [4.69, 9.17) is 5.11 Å². The van der Waals surface area contributed by atoms with E-state index in [1.165, 1.54) is 6.92 Å². The van der Waals surface area contributed by atoms with Gasteiger partial charge in [-0.2, -0.15) is 0 Å². The molecule has 1 aromatic rings. The lowest BCUT2D eigenvalue weighted by Crippen LogP contribution is -2.11. The van der Waals surface area contributed by atoms with Crippen molar-refractivity contribution in [2.24, 2.45) is 0 Å². The molecule has 0 atom stereocenters. The summed E-state index contributed by atoms with van der Waals surface area (Å²) in [5, 5.41) is 11.3. The number of anilines is 1. The van der Waals surface area contributed by atoms with Gasteiger partial charge in [0.25, 0.3) is 0 Å². The summed E-state index contributed by atoms with van der Waals surface area (Å²) in [6, 6.07) is 2.00. The standard InChI is InChI=1S/C12H12I3NO4/c1-6(17)16-11-9(14)5-8(13)7(10(11)15)3-2-4-20-12(18)19/h5H,2-4H2,1H3,(H,16,17)(H,18,19). The Balaban J connectivity index is 2.89. The summed E-state index contributed by atoms with van der Waals surface area (Å²) in [6.07, 6.45) is 0.0575. The first-order chi connectivity index (χ1) is 9.32. The molecule has 0 fully saturated rings. The van der Waals surface area contributed by atoms with Crippen LogP contribution in [0.2, 0.25) is 0 Å². The van der Waals surface area contributed by atoms with Gasteiger partial charge in [-0.15, -0.1) is 0 Å². The van der Waals surface area contributed by atoms with Crippen LogP contribution in [0.15, 0.2) is 6.07 Å². The van der Waals surface area contributed by atoms with Gasteiger partial charge in [-0.05, 0) is 92.2 Å². The van der Waals surface area contributed by atoms with Crippen LogP contribution in [0.1, 0.15) is 18.9 Å². The molecule has 0 aliphatic rings. The highest BCUT2D eigenvalue weighted by molar-refractivity contribution is 14.1. The monoisotopic (exact) mass is 615 g/mol. The molecule has 0 saturated carbocycles. The van der Waals surface area contributed by atoms with E-state index in [1.807, 2.05) is 6.07 Å². The van der Waals surface area contributed by atoms with Crippen LogP contribution >= 0.6 is 67.8 Å². The van der Waals surface area contributed by atoms with Crippen LogP contribution in [-0.4, -0.2) is 23.8 Å². The van der Waals surface area contributed by atoms with E-state index in [9.17, 15) is 9.59 Å². The number of carboxylic acid groups (broad SMARTS) is 1. The first-order valence-electron chi connectivity index (χ1n) is 5.62. The molecule has 1 amide bonds. The van der Waals surface area contributed by atoms with Gasteiger partial charge in [-0.1, -0.05) is 0 Å². The second kappa shape index (κ2) is 8.56. The third kappa shape index (κ3) is 5.50. The van der Waals surface area contributed by atoms with Gasteiger partial charge in [-0.25, -0.2) is 4.79 Å². The van der Waals surface area contributed by atoms with Crippen LogP contribution in [0.4, 0.5) is 10.5 Å². The number of ether oxygens (including phenoxy) is 1. The molecule has 2 N–H and O–H groups in total. The number of carbonyl (C=O) groups is 2. The number of benzene rings is 1. The topological polar surface area (TPSA) is 75.6 Å². The molecule has 0 bridgehead atoms. The van der Waals surface area contributed by atoms with Gasteiger partial charge in [0.15, 0.2) is 0 Å². The molecule has 0 radical (unpaired) electrons. The number of halogens is 3. The third-order valence-corrected chi connectivity index (χ3v) is 5.37. The Morgan fingerprint density at radius 1 is 1.30 bits per heavy atom. The molecule has 5 nitrogen and oxygen atoms in total. The number of hydrogen-bond donors (Lipinski definition) is 2. The summed E-state index contributed by atoms with van der Waals surface area (Å²) in [7, 11) is 0. The Morgan fingerprint density at radius 3 is 2.50 bits per heavy atom. The Kier molecular flexibility index (Phi) is 7.79. The highest BCUT2D eigenvalue weighted by atomic mass is 127. The maximum absolute atomic E-state index is 11.2. The van der Waals surface area contributed by atoms with Crippen LogP contribution in [-0.2, 0) is 16.0 Å². The van der Waals surface area contributed by atoms with Crippen molar-refractivity contribution >= 4 is 85.5 Å². The zero-order valence-corrected chi connectivity index (χ0v) is 17.0. The summed E-state index contributed by atoms with van der Waals surface area (Å²) < 4.78 is 7.57. The normalized spacial score (nSPS) is 10.2. The number of hydrogen-bond acceptors (Lipinski definition) is 3. The maximum atomic E-state index is 11.2. The Hall–Kier alpha value is 0.150. The van der Waals surface area contributed by atoms with Crippen molar-refractivity contribution in [2.45, 2.75) is 19.8 Å². The van der Waals surface area contributed by atoms with Gasteiger partial charge in [0.05, 0.1) is 12.3 Å². The lowest BCUT2D eigenvalue weighted by molar-refractivity contribution is -0.114. The molecule has 0 saturated heterocycles. The summed E-state index contributed by atoms with van der Waals surface area (Å²) in [6.45, 7) is 1.65. The van der Waals surface area contributed by atoms with Crippen molar-refractivity contribution < 1.29 is 19.4 Å². The SMILES string of the molecule is CC(=O)Nc1c(I)cc(I)c(CCCOC(=O)O)c1I. The predicted molar refractivity (Wildman–Crippen MR) is 101 cm³/mol. The summed E-state index contributed by atoms with van der Waals surface area (Å²) in [5.74, 6) is -0.109. The highest BCUT2D eigenvalue weighted by Gasteiger charge is 2.15. The third-order valence-electron chi connectivity index (χ3n) is 2.36. The fourth-order valence-electron chi connectivity index (χ4n) is 1.56. The molecular weight excluding hydrogens is 603 g/mol. The molecule has 0 aliphatic heterocycles. The number of amides is 1. The van der Waals surface area contributed by atoms with E-state index in [2.05, 4.69) is 77.8 Å². The quantitative estimate of drug-likeness (QED) is 0.298. The molecule has 0 unspecified atom stereocenters. The van der Waals surface area contributed by atoms with Crippen LogP contribution in [0.5, 0.6) is 0 Å². The zero-order valence-electron chi connectivity index (χ0n) is 10.5. The Labute approximate surface area is 157 Å². The van der Waals surface area contributed by atoms with Crippen molar-refractivity contribution in [3.63, 3.8) is 0 Å². The molecular formula is C12H12I3NO4. The minimum atomic E-state index is -1.25. The first kappa shape index (κ1) is 18.2. The molecule has 20 heavy (non-hydrogen) atoms. The van der Waals surface area contributed by atoms with E-state index in [0.717, 1.165) is 22.0 Å². The van der Waals surface area contributed by atoms with Gasteiger partial charge in [0, 0.05) is 17.6 Å². The average Bonchev–Trinajstić information content (AvgIpc) is 2.32. The first-order valence-corrected chi connectivity index (χ1v) is 8.86. The molecule has 1 rings (SSSR count). The van der Waals surface area contributed by atoms with Crippen LogP contribution < -0.4 is 5.32 Å². The van der Waals surface area contributed by atoms with Gasteiger partial charge < -0.3 is 15.2 Å². The number of rotatable bonds is 5. The molecule has 0 spiro atoms. The van der Waals surface area contributed by atoms with Crippen molar-refractivity contribution in [1.82, 2.24) is 0 Å². The molecule has 0 aliphatic carbocycles. The summed E-state index contributed by atoms with van der Waals surface area (Å²) in [5.41, 5.74) is 1.91. The lowest BCUT2D eigenvalue weighted by Gasteiger charge is -2.14. The number of carbonyl (C=O) groups excluding carboxylic acids is 1. The summed E-state index contributed by atoms with van der Waals surface area (Å²) in [4.78, 5) is 21.5. The minimum absolute atomic E-state index is 0.109. The van der Waals surface area contributed by atoms with E-state index >= 15 is 0 Å². The highest BCUT2D eigenvalue weighted by Crippen LogP contribution is 2.32. The number of nitrogens with one attached hydrogen (secondary N) is 1. The maximum Gasteiger partial charge on any atom is 0.505 e. The Morgan fingerprint density at radius 2 is 1.95 bits per heavy atom. The largest absolute Gasteiger partial charge is 0.505 e. The van der Waals surface area contributed by atoms with E-state index in [0.29, 0.717) is 12.8 Å². The summed E-state index contributed by atoms with van der Waals surface area (Å²) >= 11 is 6.65. The van der Waals surface area contributed by atoms with Crippen LogP contribution in [0, 0.1) is 10.7 Å². The second-order valence-corrected chi connectivity index (χ2v) is 7.31. The van der Waals surface area contributed by atoms with Gasteiger partial charge >= 0.3 is 6.16 Å². The fourth-order valence-corrected chi connectivity index (χ4v) is 5.74. The smallest absolute Gasteiger partial charge is 0.450 e. The zero-order chi connectivity index (χ0) is 15.3. The lowest BCUT2D eigenvalue weighted by atomic mass is 10.1. The minimum Gasteiger partial charge on any atom is -0.450 e. The van der Waals surface area contributed by atoms with Gasteiger partial charge in [-0.3, -0.25) is 4.79 Å². The van der Waals surface area contributed by atoms with Gasteiger partial charge in [0.1, 0.15) is 0 Å². The van der Waals surface area contributed by atoms with Gasteiger partial charge in [0.2, 0.25) is 5.91 Å². The molecule has 1 aromatic carbocycles. The van der Waals surface area contributed by atoms with Crippen molar-refractivity contribution in [2.75, 3.05) is 11.9 Å². The molecule has 110 valence electrons. The second-order valence-electron chi connectivity index (χ2n) is 3.91. The van der Waals surface area contributed by atoms with Crippen molar-refractivity contribution in [3.8, 4) is 0 Å². The van der Waals surface area contributed by atoms with Crippen LogP contribution in [0.25, 0.3) is 0 Å². The van der Waals surface area contributed by atoms with E-state index in [1.54, 1.807) is 0 Å². The Bertz CT molecular complexity index is 534. The van der Waals surface area contributed by atoms with Crippen LogP contribution in [0.3, 0.4) is 0 Å². The van der Waals surface area contributed by atoms with Crippen molar-refractivity contribution in [3.05, 3.63) is 22.3 Å². The van der Waals surface area contributed by atoms with Crippen molar-refractivity contribution in [1.29, 1.82) is 0 Å². The molecule has 8 heteroatoms. The van der Waals surface area contributed by atoms with E-state index in [-0.39, 0.29) is 12.5 Å². The molecule has 0 aromatic heterocycles. The predicted octanol–water partition coefficient (Wildman–Crippen LogP) is 4.09.